The van der Waals surface area contributed by atoms with E-state index < -0.39 is 5.82 Å². The number of nitrogens with zero attached hydrogens (tertiary/aromatic N) is 3. The van der Waals surface area contributed by atoms with Crippen molar-refractivity contribution in [1.29, 1.82) is 0 Å². The molecule has 0 bridgehead atoms. The maximum absolute atomic E-state index is 13.5. The lowest BCUT2D eigenvalue weighted by Crippen LogP contribution is -2.27. The molecule has 4 rings (SSSR count). The zero-order chi connectivity index (χ0) is 22.7. The van der Waals surface area contributed by atoms with Gasteiger partial charge in [0, 0.05) is 17.6 Å². The molecule has 0 saturated heterocycles. The number of halogens is 1. The minimum absolute atomic E-state index is 0.206. The lowest BCUT2D eigenvalue weighted by atomic mass is 10.1. The van der Waals surface area contributed by atoms with Crippen LogP contribution in [0.3, 0.4) is 0 Å². The number of aromatic hydroxyl groups is 1. The third-order valence-corrected chi connectivity index (χ3v) is 5.96. The molecule has 0 saturated carbocycles. The molecule has 0 aliphatic carbocycles. The van der Waals surface area contributed by atoms with Gasteiger partial charge in [-0.1, -0.05) is 12.1 Å². The Balaban J connectivity index is 1.53. The number of phenols is 1. The van der Waals surface area contributed by atoms with E-state index >= 15 is 0 Å². The monoisotopic (exact) mass is 451 g/mol. The number of phenolic OH excluding ortho intramolecular Hbond substituents is 1. The molecule has 1 amide bonds. The number of aryl methyl sites for hydroxylation is 1. The van der Waals surface area contributed by atoms with Crippen LogP contribution < -0.4 is 10.6 Å². The van der Waals surface area contributed by atoms with E-state index in [1.165, 1.54) is 17.4 Å². The van der Waals surface area contributed by atoms with E-state index in [9.17, 15) is 14.3 Å². The summed E-state index contributed by atoms with van der Waals surface area (Å²) in [5.41, 5.74) is 2.63. The van der Waals surface area contributed by atoms with E-state index in [1.54, 1.807) is 18.3 Å². The number of aromatic nitrogens is 3. The average Bonchev–Trinajstić information content (AvgIpc) is 3.14. The second kappa shape index (κ2) is 9.27. The fourth-order valence-electron chi connectivity index (χ4n) is 3.28. The van der Waals surface area contributed by atoms with Gasteiger partial charge >= 0.3 is 0 Å². The van der Waals surface area contributed by atoms with Crippen molar-refractivity contribution in [2.75, 3.05) is 11.9 Å². The zero-order valence-electron chi connectivity index (χ0n) is 17.6. The summed E-state index contributed by atoms with van der Waals surface area (Å²) in [5.74, 6) is -0.218. The highest BCUT2D eigenvalue weighted by atomic mass is 32.1. The second-order valence-electron chi connectivity index (χ2n) is 7.44. The largest absolute Gasteiger partial charge is 0.508 e. The van der Waals surface area contributed by atoms with Crippen molar-refractivity contribution >= 4 is 33.4 Å². The normalized spacial score (nSPS) is 12.0. The number of rotatable bonds is 7. The Hall–Kier alpha value is -3.59. The Morgan fingerprint density at radius 3 is 2.72 bits per heavy atom. The molecular weight excluding hydrogens is 429 g/mol. The van der Waals surface area contributed by atoms with Crippen molar-refractivity contribution in [2.24, 2.45) is 0 Å². The van der Waals surface area contributed by atoms with Gasteiger partial charge in [0.2, 0.25) is 5.95 Å². The van der Waals surface area contributed by atoms with Crippen LogP contribution in [0.25, 0.3) is 10.2 Å². The first kappa shape index (κ1) is 21.6. The van der Waals surface area contributed by atoms with Crippen molar-refractivity contribution < 1.29 is 14.3 Å². The molecule has 4 aromatic rings. The van der Waals surface area contributed by atoms with Crippen LogP contribution >= 0.6 is 11.3 Å². The molecule has 1 aromatic carbocycles. The highest BCUT2D eigenvalue weighted by Gasteiger charge is 2.18. The first-order chi connectivity index (χ1) is 15.4. The lowest BCUT2D eigenvalue weighted by Gasteiger charge is -2.15. The molecule has 0 spiro atoms. The molecule has 7 nitrogen and oxygen atoms in total. The molecule has 0 fully saturated rings. The Kier molecular flexibility index (Phi) is 6.27. The van der Waals surface area contributed by atoms with Crippen molar-refractivity contribution in [3.05, 3.63) is 76.3 Å². The Morgan fingerprint density at radius 1 is 1.19 bits per heavy atom. The molecule has 0 aliphatic heterocycles. The van der Waals surface area contributed by atoms with E-state index in [-0.39, 0.29) is 23.6 Å². The van der Waals surface area contributed by atoms with Crippen molar-refractivity contribution in [3.8, 4) is 5.75 Å². The number of benzene rings is 1. The summed E-state index contributed by atoms with van der Waals surface area (Å²) in [7, 11) is 0. The summed E-state index contributed by atoms with van der Waals surface area (Å²) in [6.45, 7) is 4.22. The van der Waals surface area contributed by atoms with E-state index in [1.807, 2.05) is 32.0 Å². The predicted octanol–water partition coefficient (Wildman–Crippen LogP) is 4.39. The number of carbonyl (C=O) groups is 1. The summed E-state index contributed by atoms with van der Waals surface area (Å²) in [4.78, 5) is 26.8. The number of carbonyl (C=O) groups excluding carboxylic acids is 1. The highest BCUT2D eigenvalue weighted by Crippen LogP contribution is 2.28. The standard InChI is InChI=1S/C23H22FN5O2S/c1-13-9-19-21(32-13)20(22(31)26-8-7-15-3-5-18(30)6-4-15)29-23(28-19)27-14(2)16-10-17(24)12-25-11-16/h3-6,9-12,14,30H,7-8H2,1-2H3,(H,26,31)(H,27,28,29)/t14-/m0/s1. The third kappa shape index (κ3) is 5.00. The van der Waals surface area contributed by atoms with Crippen molar-refractivity contribution in [2.45, 2.75) is 26.3 Å². The molecule has 0 unspecified atom stereocenters. The van der Waals surface area contributed by atoms with Crippen LogP contribution in [0.1, 0.15) is 39.5 Å². The quantitative estimate of drug-likeness (QED) is 0.385. The number of hydrogen-bond donors (Lipinski definition) is 3. The van der Waals surface area contributed by atoms with Crippen molar-refractivity contribution in [1.82, 2.24) is 20.3 Å². The first-order valence-electron chi connectivity index (χ1n) is 10.1. The number of hydrogen-bond acceptors (Lipinski definition) is 7. The van der Waals surface area contributed by atoms with E-state index in [4.69, 9.17) is 0 Å². The molecule has 3 heterocycles. The van der Waals surface area contributed by atoms with Crippen LogP contribution in [0.2, 0.25) is 0 Å². The molecule has 0 aliphatic rings. The molecule has 32 heavy (non-hydrogen) atoms. The van der Waals surface area contributed by atoms with Crippen LogP contribution in [-0.2, 0) is 6.42 Å². The van der Waals surface area contributed by atoms with Gasteiger partial charge in [-0.2, -0.15) is 0 Å². The summed E-state index contributed by atoms with van der Waals surface area (Å²) < 4.78 is 14.2. The van der Waals surface area contributed by atoms with Crippen LogP contribution in [-0.4, -0.2) is 32.5 Å². The predicted molar refractivity (Wildman–Crippen MR) is 123 cm³/mol. The van der Waals surface area contributed by atoms with Gasteiger partial charge in [-0.05, 0) is 55.7 Å². The summed E-state index contributed by atoms with van der Waals surface area (Å²) in [5, 5.41) is 15.4. The fraction of sp³-hybridized carbons (Fsp3) is 0.217. The van der Waals surface area contributed by atoms with Crippen LogP contribution in [0.4, 0.5) is 10.3 Å². The van der Waals surface area contributed by atoms with Gasteiger partial charge in [-0.25, -0.2) is 14.4 Å². The maximum Gasteiger partial charge on any atom is 0.271 e. The number of fused-ring (bicyclic) bond motifs is 1. The van der Waals surface area contributed by atoms with Gasteiger partial charge in [-0.15, -0.1) is 11.3 Å². The third-order valence-electron chi connectivity index (χ3n) is 4.92. The number of pyridine rings is 1. The first-order valence-corrected chi connectivity index (χ1v) is 10.9. The van der Waals surface area contributed by atoms with Crippen LogP contribution in [0.15, 0.2) is 48.8 Å². The number of anilines is 1. The summed E-state index contributed by atoms with van der Waals surface area (Å²) in [6.07, 6.45) is 3.34. The van der Waals surface area contributed by atoms with Gasteiger partial charge in [0.25, 0.3) is 5.91 Å². The van der Waals surface area contributed by atoms with Gasteiger partial charge in [0.05, 0.1) is 22.5 Å². The summed E-state index contributed by atoms with van der Waals surface area (Å²) in [6, 6.07) is 9.87. The van der Waals surface area contributed by atoms with Crippen LogP contribution in [0.5, 0.6) is 5.75 Å². The number of thiophene rings is 1. The molecule has 1 atom stereocenters. The topological polar surface area (TPSA) is 100 Å². The lowest BCUT2D eigenvalue weighted by molar-refractivity contribution is 0.0951. The number of nitrogens with one attached hydrogen (secondary N) is 2. The van der Waals surface area contributed by atoms with Gasteiger partial charge in [0.1, 0.15) is 11.6 Å². The fourth-order valence-corrected chi connectivity index (χ4v) is 4.21. The maximum atomic E-state index is 13.5. The van der Waals surface area contributed by atoms with E-state index in [2.05, 4.69) is 25.6 Å². The second-order valence-corrected chi connectivity index (χ2v) is 8.70. The molecule has 0 radical (unpaired) electrons. The molecular formula is C23H22FN5O2S. The van der Waals surface area contributed by atoms with Gasteiger partial charge < -0.3 is 15.7 Å². The van der Waals surface area contributed by atoms with Crippen molar-refractivity contribution in [3.63, 3.8) is 0 Å². The molecule has 3 aromatic heterocycles. The Bertz CT molecular complexity index is 1260. The molecule has 9 heteroatoms. The highest BCUT2D eigenvalue weighted by molar-refractivity contribution is 7.19. The Labute approximate surface area is 188 Å². The van der Waals surface area contributed by atoms with Crippen LogP contribution in [0, 0.1) is 12.7 Å². The minimum Gasteiger partial charge on any atom is -0.508 e. The Morgan fingerprint density at radius 2 is 1.97 bits per heavy atom. The summed E-state index contributed by atoms with van der Waals surface area (Å²) >= 11 is 1.46. The molecule has 164 valence electrons. The van der Waals surface area contributed by atoms with E-state index in [0.717, 1.165) is 21.3 Å². The zero-order valence-corrected chi connectivity index (χ0v) is 18.4. The number of amides is 1. The smallest absolute Gasteiger partial charge is 0.271 e. The minimum atomic E-state index is -0.422. The SMILES string of the molecule is Cc1cc2nc(N[C@@H](C)c3cncc(F)c3)nc(C(=O)NCCc3ccc(O)cc3)c2s1. The van der Waals surface area contributed by atoms with Gasteiger partial charge in [-0.3, -0.25) is 9.78 Å². The average molecular weight is 452 g/mol. The van der Waals surface area contributed by atoms with Gasteiger partial charge in [0.15, 0.2) is 5.69 Å². The molecule has 3 N–H and O–H groups in total. The van der Waals surface area contributed by atoms with E-state index in [0.29, 0.717) is 29.7 Å².